The molecule has 0 aliphatic carbocycles. The molecule has 0 bridgehead atoms. The summed E-state index contributed by atoms with van der Waals surface area (Å²) in [4.78, 5) is 16.9. The second-order valence-electron chi connectivity index (χ2n) is 4.52. The van der Waals surface area contributed by atoms with Crippen LogP contribution in [0.5, 0.6) is 0 Å². The predicted molar refractivity (Wildman–Crippen MR) is 93.5 cm³/mol. The van der Waals surface area contributed by atoms with Crippen LogP contribution < -0.4 is 10.9 Å². The average molecular weight is 368 g/mol. The number of thioether (sulfide) groups is 1. The molecule has 3 rings (SSSR count). The number of rotatable bonds is 5. The molecule has 3 aromatic rings. The SMILES string of the molecule is O=C(CSc1ccc(Cl)cc1)NNc1nc2c(F)cccc2s1. The minimum atomic E-state index is -0.378. The highest BCUT2D eigenvalue weighted by Gasteiger charge is 2.09. The zero-order valence-electron chi connectivity index (χ0n) is 11.7. The Kier molecular flexibility index (Phi) is 5.00. The fraction of sp³-hybridized carbons (Fsp3) is 0.0667. The Hall–Kier alpha value is -1.83. The summed E-state index contributed by atoms with van der Waals surface area (Å²) in [6, 6.07) is 12.0. The Labute approximate surface area is 145 Å². The molecule has 0 unspecified atom stereocenters. The molecule has 0 aliphatic heterocycles. The highest BCUT2D eigenvalue weighted by molar-refractivity contribution is 8.00. The molecule has 2 N–H and O–H groups in total. The summed E-state index contributed by atoms with van der Waals surface area (Å²) < 4.78 is 14.3. The molecule has 0 atom stereocenters. The first-order chi connectivity index (χ1) is 11.1. The summed E-state index contributed by atoms with van der Waals surface area (Å²) in [6.07, 6.45) is 0. The lowest BCUT2D eigenvalue weighted by Gasteiger charge is -2.05. The van der Waals surface area contributed by atoms with E-state index in [0.29, 0.717) is 15.7 Å². The number of carbonyl (C=O) groups excluding carboxylic acids is 1. The number of thiazole rings is 1. The average Bonchev–Trinajstić information content (AvgIpc) is 2.97. The van der Waals surface area contributed by atoms with E-state index in [1.807, 2.05) is 12.1 Å². The number of anilines is 1. The second kappa shape index (κ2) is 7.16. The largest absolute Gasteiger partial charge is 0.273 e. The molecule has 0 radical (unpaired) electrons. The molecule has 1 amide bonds. The summed E-state index contributed by atoms with van der Waals surface area (Å²) in [6.45, 7) is 0. The van der Waals surface area contributed by atoms with Gasteiger partial charge in [-0.3, -0.25) is 15.6 Å². The molecule has 0 spiro atoms. The summed E-state index contributed by atoms with van der Waals surface area (Å²) >= 11 is 8.47. The van der Waals surface area contributed by atoms with Crippen LogP contribution in [0.15, 0.2) is 47.4 Å². The lowest BCUT2D eigenvalue weighted by molar-refractivity contribution is -0.118. The van der Waals surface area contributed by atoms with Crippen LogP contribution in [-0.4, -0.2) is 16.6 Å². The van der Waals surface area contributed by atoms with E-state index in [4.69, 9.17) is 11.6 Å². The standard InChI is InChI=1S/C15H11ClFN3OS2/c16-9-4-6-10(7-5-9)22-8-13(21)19-20-15-18-14-11(17)2-1-3-12(14)23-15/h1-7H,8H2,(H,18,20)(H,19,21). The minimum Gasteiger partial charge on any atom is -0.273 e. The molecule has 8 heteroatoms. The number of para-hydroxylation sites is 1. The molecule has 23 heavy (non-hydrogen) atoms. The molecule has 1 heterocycles. The van der Waals surface area contributed by atoms with Crippen molar-refractivity contribution in [3.8, 4) is 0 Å². The molecule has 4 nitrogen and oxygen atoms in total. The van der Waals surface area contributed by atoms with Crippen molar-refractivity contribution in [2.24, 2.45) is 0 Å². The number of halogens is 2. The van der Waals surface area contributed by atoms with Crippen LogP contribution in [0.3, 0.4) is 0 Å². The van der Waals surface area contributed by atoms with Gasteiger partial charge >= 0.3 is 0 Å². The Morgan fingerprint density at radius 2 is 2.04 bits per heavy atom. The van der Waals surface area contributed by atoms with Crippen LogP contribution in [0.2, 0.25) is 5.02 Å². The van der Waals surface area contributed by atoms with E-state index >= 15 is 0 Å². The topological polar surface area (TPSA) is 54.0 Å². The number of nitrogens with zero attached hydrogens (tertiary/aromatic N) is 1. The fourth-order valence-electron chi connectivity index (χ4n) is 1.81. The van der Waals surface area contributed by atoms with Crippen molar-refractivity contribution in [2.45, 2.75) is 4.90 Å². The Morgan fingerprint density at radius 3 is 2.78 bits per heavy atom. The normalized spacial score (nSPS) is 10.7. The van der Waals surface area contributed by atoms with E-state index in [9.17, 15) is 9.18 Å². The van der Waals surface area contributed by atoms with Crippen molar-refractivity contribution in [1.29, 1.82) is 0 Å². The van der Waals surface area contributed by atoms with Crippen molar-refractivity contribution < 1.29 is 9.18 Å². The third kappa shape index (κ3) is 4.13. The van der Waals surface area contributed by atoms with Gasteiger partial charge in [-0.2, -0.15) is 0 Å². The van der Waals surface area contributed by atoms with Crippen molar-refractivity contribution in [3.05, 3.63) is 53.3 Å². The maximum atomic E-state index is 13.6. The van der Waals surface area contributed by atoms with Gasteiger partial charge in [-0.1, -0.05) is 29.0 Å². The number of aromatic nitrogens is 1. The number of fused-ring (bicyclic) bond motifs is 1. The smallest absolute Gasteiger partial charge is 0.248 e. The first-order valence-electron chi connectivity index (χ1n) is 6.60. The molecule has 1 aromatic heterocycles. The van der Waals surface area contributed by atoms with Gasteiger partial charge in [0.25, 0.3) is 0 Å². The highest BCUT2D eigenvalue weighted by atomic mass is 35.5. The molecule has 2 aromatic carbocycles. The van der Waals surface area contributed by atoms with Crippen LogP contribution in [-0.2, 0) is 4.79 Å². The fourth-order valence-corrected chi connectivity index (χ4v) is 3.47. The Balaban J connectivity index is 1.53. The van der Waals surface area contributed by atoms with Crippen molar-refractivity contribution >= 4 is 56.0 Å². The molecule has 0 saturated heterocycles. The first-order valence-corrected chi connectivity index (χ1v) is 8.78. The first kappa shape index (κ1) is 16.0. The van der Waals surface area contributed by atoms with Gasteiger partial charge in [0.15, 0.2) is 0 Å². The maximum Gasteiger partial charge on any atom is 0.248 e. The van der Waals surface area contributed by atoms with Crippen molar-refractivity contribution in [2.75, 3.05) is 11.2 Å². The van der Waals surface area contributed by atoms with Crippen LogP contribution in [0.4, 0.5) is 9.52 Å². The summed E-state index contributed by atoms with van der Waals surface area (Å²) in [5, 5.41) is 1.10. The van der Waals surface area contributed by atoms with E-state index in [2.05, 4.69) is 15.8 Å². The number of hydrogen-bond donors (Lipinski definition) is 2. The quantitative estimate of drug-likeness (QED) is 0.520. The van der Waals surface area contributed by atoms with Crippen molar-refractivity contribution in [1.82, 2.24) is 10.4 Å². The zero-order chi connectivity index (χ0) is 16.2. The monoisotopic (exact) mass is 367 g/mol. The summed E-state index contributed by atoms with van der Waals surface area (Å²) in [5.74, 6) is -0.338. The Bertz CT molecular complexity index is 838. The van der Waals surface area contributed by atoms with E-state index in [1.165, 1.54) is 29.2 Å². The van der Waals surface area contributed by atoms with Gasteiger partial charge in [0.2, 0.25) is 11.0 Å². The van der Waals surface area contributed by atoms with Gasteiger partial charge in [0.1, 0.15) is 11.3 Å². The zero-order valence-corrected chi connectivity index (χ0v) is 14.1. The van der Waals surface area contributed by atoms with Crippen LogP contribution >= 0.6 is 34.7 Å². The number of carbonyl (C=O) groups is 1. The van der Waals surface area contributed by atoms with Crippen LogP contribution in [0.25, 0.3) is 10.2 Å². The number of nitrogens with one attached hydrogen (secondary N) is 2. The number of hydrazine groups is 1. The van der Waals surface area contributed by atoms with Crippen LogP contribution in [0, 0.1) is 5.82 Å². The highest BCUT2D eigenvalue weighted by Crippen LogP contribution is 2.27. The molecule has 0 aliphatic rings. The lowest BCUT2D eigenvalue weighted by atomic mass is 10.3. The molecular formula is C15H11ClFN3OS2. The number of amides is 1. The van der Waals surface area contributed by atoms with E-state index < -0.39 is 0 Å². The predicted octanol–water partition coefficient (Wildman–Crippen LogP) is 4.32. The van der Waals surface area contributed by atoms with Gasteiger partial charge in [-0.05, 0) is 36.4 Å². The van der Waals surface area contributed by atoms with Crippen LogP contribution in [0.1, 0.15) is 0 Å². The van der Waals surface area contributed by atoms with Gasteiger partial charge in [-0.15, -0.1) is 11.8 Å². The molecule has 118 valence electrons. The Morgan fingerprint density at radius 1 is 1.26 bits per heavy atom. The van der Waals surface area contributed by atoms with Gasteiger partial charge in [0, 0.05) is 9.92 Å². The third-order valence-electron chi connectivity index (χ3n) is 2.86. The van der Waals surface area contributed by atoms with Gasteiger partial charge in [-0.25, -0.2) is 9.37 Å². The molecule has 0 saturated carbocycles. The maximum absolute atomic E-state index is 13.6. The summed E-state index contributed by atoms with van der Waals surface area (Å²) in [5.41, 5.74) is 5.56. The molecular weight excluding hydrogens is 357 g/mol. The molecule has 0 fully saturated rings. The van der Waals surface area contributed by atoms with Crippen molar-refractivity contribution in [3.63, 3.8) is 0 Å². The third-order valence-corrected chi connectivity index (χ3v) is 5.06. The van der Waals surface area contributed by atoms with E-state index in [1.54, 1.807) is 24.3 Å². The van der Waals surface area contributed by atoms with E-state index in [-0.39, 0.29) is 17.5 Å². The number of hydrogen-bond acceptors (Lipinski definition) is 5. The lowest BCUT2D eigenvalue weighted by Crippen LogP contribution is -2.30. The van der Waals surface area contributed by atoms with Gasteiger partial charge < -0.3 is 0 Å². The van der Waals surface area contributed by atoms with E-state index in [0.717, 1.165) is 9.60 Å². The van der Waals surface area contributed by atoms with Gasteiger partial charge in [0.05, 0.1) is 10.5 Å². The number of benzene rings is 2. The second-order valence-corrected chi connectivity index (χ2v) is 7.04. The summed E-state index contributed by atoms with van der Waals surface area (Å²) in [7, 11) is 0. The minimum absolute atomic E-state index is 0.204.